The molecule has 0 unspecified atom stereocenters. The van der Waals surface area contributed by atoms with Crippen molar-refractivity contribution < 1.29 is 20.1 Å². The van der Waals surface area contributed by atoms with Crippen LogP contribution in [-0.4, -0.2) is 4.98 Å². The molecule has 1 aliphatic rings. The van der Waals surface area contributed by atoms with Gasteiger partial charge in [0.2, 0.25) is 0 Å². The minimum absolute atomic E-state index is 0. The fraction of sp³-hybridized carbons (Fsp3) is 0.107. The maximum Gasteiger partial charge on any atom is 0.0601 e. The van der Waals surface area contributed by atoms with Gasteiger partial charge in [0.25, 0.3) is 0 Å². The second kappa shape index (κ2) is 6.87. The molecule has 4 aromatic carbocycles. The summed E-state index contributed by atoms with van der Waals surface area (Å²) in [5.41, 5.74) is 8.41. The number of benzene rings is 4. The molecule has 0 saturated carbocycles. The molecule has 0 fully saturated rings. The van der Waals surface area contributed by atoms with Gasteiger partial charge < -0.3 is 0 Å². The topological polar surface area (TPSA) is 12.9 Å². The van der Waals surface area contributed by atoms with Crippen LogP contribution in [0, 0.1) is 6.07 Å². The molecule has 1 radical (unpaired) electrons. The van der Waals surface area contributed by atoms with Crippen LogP contribution in [-0.2, 0) is 25.5 Å². The maximum atomic E-state index is 4.99. The molecule has 0 aliphatic heterocycles. The van der Waals surface area contributed by atoms with E-state index in [-0.39, 0.29) is 25.5 Å². The molecule has 1 heterocycles. The van der Waals surface area contributed by atoms with Crippen LogP contribution in [0.2, 0.25) is 0 Å². The van der Waals surface area contributed by atoms with Gasteiger partial charge in [-0.25, -0.2) is 0 Å². The summed E-state index contributed by atoms with van der Waals surface area (Å²) in [6.07, 6.45) is 0. The van der Waals surface area contributed by atoms with Crippen molar-refractivity contribution in [3.05, 3.63) is 102 Å². The third kappa shape index (κ3) is 2.68. The number of pyridine rings is 1. The van der Waals surface area contributed by atoms with E-state index >= 15 is 0 Å². The average molecular weight is 563 g/mol. The molecule has 2 heteroatoms. The molecule has 0 N–H and O–H groups in total. The van der Waals surface area contributed by atoms with Crippen LogP contribution in [0.1, 0.15) is 25.0 Å². The SMILES string of the molecule is CC1(C)c2ccccc2-c2c[c-]c(-c3ccc4c(ccc5ccccc54)n3)cc21.[Ir]. The zero-order chi connectivity index (χ0) is 19.6. The minimum atomic E-state index is -0.0111. The minimum Gasteiger partial charge on any atom is -0.296 e. The van der Waals surface area contributed by atoms with Crippen LogP contribution < -0.4 is 0 Å². The summed E-state index contributed by atoms with van der Waals surface area (Å²) in [4.78, 5) is 4.99. The van der Waals surface area contributed by atoms with E-state index in [1.165, 1.54) is 38.4 Å². The van der Waals surface area contributed by atoms with Crippen molar-refractivity contribution in [3.8, 4) is 22.4 Å². The zero-order valence-electron chi connectivity index (χ0n) is 16.9. The number of rotatable bonds is 1. The molecular weight excluding hydrogens is 543 g/mol. The van der Waals surface area contributed by atoms with E-state index < -0.39 is 0 Å². The predicted molar refractivity (Wildman–Crippen MR) is 121 cm³/mol. The first kappa shape index (κ1) is 19.2. The van der Waals surface area contributed by atoms with Crippen molar-refractivity contribution in [2.45, 2.75) is 19.3 Å². The number of nitrogens with zero attached hydrogens (tertiary/aromatic N) is 1. The molecule has 0 atom stereocenters. The van der Waals surface area contributed by atoms with Crippen LogP contribution in [0.4, 0.5) is 0 Å². The van der Waals surface area contributed by atoms with E-state index in [0.29, 0.717) is 0 Å². The van der Waals surface area contributed by atoms with E-state index in [1.807, 2.05) is 0 Å². The fourth-order valence-electron chi connectivity index (χ4n) is 4.82. The van der Waals surface area contributed by atoms with Gasteiger partial charge in [-0.2, -0.15) is 0 Å². The van der Waals surface area contributed by atoms with Gasteiger partial charge in [-0.05, 0) is 33.5 Å². The average Bonchev–Trinajstić information content (AvgIpc) is 3.00. The Labute approximate surface area is 190 Å². The Bertz CT molecular complexity index is 1430. The van der Waals surface area contributed by atoms with E-state index in [1.54, 1.807) is 0 Å². The number of hydrogen-bond acceptors (Lipinski definition) is 1. The third-order valence-corrected chi connectivity index (χ3v) is 6.39. The number of fused-ring (bicyclic) bond motifs is 6. The monoisotopic (exact) mass is 563 g/mol. The van der Waals surface area contributed by atoms with Crippen molar-refractivity contribution in [2.24, 2.45) is 0 Å². The summed E-state index contributed by atoms with van der Waals surface area (Å²) in [5.74, 6) is 0. The van der Waals surface area contributed by atoms with Gasteiger partial charge in [0, 0.05) is 25.5 Å². The van der Waals surface area contributed by atoms with Gasteiger partial charge in [0.15, 0.2) is 0 Å². The first-order valence-corrected chi connectivity index (χ1v) is 10.1. The van der Waals surface area contributed by atoms with Crippen molar-refractivity contribution in [3.63, 3.8) is 0 Å². The molecule has 1 aliphatic carbocycles. The standard InChI is InChI=1S/C28H20N.Ir/c1-28(2)24-10-6-5-9-21(24)22-13-11-19(17-25(22)28)26-16-14-23-20-8-4-3-7-18(20)12-15-27(23)29-26;/h3-10,12-17H,1-2H3;/q-1;. The molecule has 147 valence electrons. The molecule has 0 amide bonds. The fourth-order valence-corrected chi connectivity index (χ4v) is 4.82. The Morgan fingerprint density at radius 1 is 0.733 bits per heavy atom. The van der Waals surface area contributed by atoms with Crippen molar-refractivity contribution in [2.75, 3.05) is 0 Å². The molecule has 1 aromatic heterocycles. The van der Waals surface area contributed by atoms with E-state index in [9.17, 15) is 0 Å². The van der Waals surface area contributed by atoms with E-state index in [0.717, 1.165) is 16.8 Å². The van der Waals surface area contributed by atoms with Crippen molar-refractivity contribution in [1.82, 2.24) is 4.98 Å². The van der Waals surface area contributed by atoms with Crippen molar-refractivity contribution >= 4 is 21.7 Å². The number of hydrogen-bond donors (Lipinski definition) is 0. The van der Waals surface area contributed by atoms with Gasteiger partial charge in [-0.3, -0.25) is 4.98 Å². The van der Waals surface area contributed by atoms with Crippen LogP contribution in [0.15, 0.2) is 84.9 Å². The summed E-state index contributed by atoms with van der Waals surface area (Å²) >= 11 is 0. The summed E-state index contributed by atoms with van der Waals surface area (Å²) in [7, 11) is 0. The second-order valence-electron chi connectivity index (χ2n) is 8.39. The summed E-state index contributed by atoms with van der Waals surface area (Å²) in [6, 6.07) is 33.7. The Morgan fingerprint density at radius 3 is 2.43 bits per heavy atom. The molecule has 1 nitrogen and oxygen atoms in total. The maximum absolute atomic E-state index is 4.99. The Morgan fingerprint density at radius 2 is 1.53 bits per heavy atom. The molecular formula is C28H20IrN-. The molecule has 5 aromatic rings. The van der Waals surface area contributed by atoms with Crippen LogP contribution in [0.25, 0.3) is 44.1 Å². The third-order valence-electron chi connectivity index (χ3n) is 6.39. The van der Waals surface area contributed by atoms with Crippen LogP contribution in [0.3, 0.4) is 0 Å². The normalized spacial score (nSPS) is 13.7. The first-order valence-electron chi connectivity index (χ1n) is 10.1. The molecule has 0 spiro atoms. The first-order chi connectivity index (χ1) is 14.1. The second-order valence-corrected chi connectivity index (χ2v) is 8.39. The van der Waals surface area contributed by atoms with Crippen LogP contribution >= 0.6 is 0 Å². The molecule has 0 bridgehead atoms. The molecule has 30 heavy (non-hydrogen) atoms. The summed E-state index contributed by atoms with van der Waals surface area (Å²) in [5, 5.41) is 3.69. The Balaban J connectivity index is 0.00000193. The summed E-state index contributed by atoms with van der Waals surface area (Å²) < 4.78 is 0. The van der Waals surface area contributed by atoms with Gasteiger partial charge >= 0.3 is 0 Å². The van der Waals surface area contributed by atoms with Gasteiger partial charge in [-0.1, -0.05) is 91.7 Å². The summed E-state index contributed by atoms with van der Waals surface area (Å²) in [6.45, 7) is 4.61. The number of aromatic nitrogens is 1. The van der Waals surface area contributed by atoms with Crippen LogP contribution in [0.5, 0.6) is 0 Å². The molecule has 6 rings (SSSR count). The van der Waals surface area contributed by atoms with Gasteiger partial charge in [-0.15, -0.1) is 29.3 Å². The molecule has 0 saturated heterocycles. The largest absolute Gasteiger partial charge is 0.296 e. The zero-order valence-corrected chi connectivity index (χ0v) is 19.3. The Hall–Kier alpha value is -2.80. The smallest absolute Gasteiger partial charge is 0.0601 e. The van der Waals surface area contributed by atoms with Gasteiger partial charge in [0.1, 0.15) is 0 Å². The quantitative estimate of drug-likeness (QED) is 0.156. The van der Waals surface area contributed by atoms with Gasteiger partial charge in [0.05, 0.1) is 5.52 Å². The van der Waals surface area contributed by atoms with Crippen molar-refractivity contribution in [1.29, 1.82) is 0 Å². The predicted octanol–water partition coefficient (Wildman–Crippen LogP) is 7.16. The van der Waals surface area contributed by atoms with E-state index in [2.05, 4.69) is 105 Å². The van der Waals surface area contributed by atoms with E-state index in [4.69, 9.17) is 4.98 Å². The Kier molecular flexibility index (Phi) is 4.39.